The molecule has 0 radical (unpaired) electrons. The number of halogens is 1. The summed E-state index contributed by atoms with van der Waals surface area (Å²) in [6.45, 7) is 1.50. The van der Waals surface area contributed by atoms with Gasteiger partial charge < -0.3 is 15.0 Å². The monoisotopic (exact) mass is 344 g/mol. The van der Waals surface area contributed by atoms with E-state index in [2.05, 4.69) is 5.32 Å². The average molecular weight is 345 g/mol. The molecule has 2 amide bonds. The first-order chi connectivity index (χ1) is 11.4. The number of rotatable bonds is 3. The van der Waals surface area contributed by atoms with Crippen LogP contribution in [0.3, 0.4) is 0 Å². The smallest absolute Gasteiger partial charge is 0.265 e. The van der Waals surface area contributed by atoms with Gasteiger partial charge in [0.1, 0.15) is 5.75 Å². The molecule has 0 saturated carbocycles. The Balaban J connectivity index is 1.65. The standard InChI is InChI=1S/C18H17ClN2O3/c1-11(22)21(2)15-6-4-14(5-7-15)20-18(23)17-10-12-9-13(19)3-8-16(12)24-17/h3-9,17H,10H2,1-2H3,(H,20,23)/t17-/m0/s1. The normalized spacial score (nSPS) is 15.4. The minimum atomic E-state index is -0.571. The highest BCUT2D eigenvalue weighted by atomic mass is 35.5. The Hall–Kier alpha value is -2.53. The van der Waals surface area contributed by atoms with Crippen LogP contribution in [-0.2, 0) is 16.0 Å². The fourth-order valence-electron chi connectivity index (χ4n) is 2.54. The summed E-state index contributed by atoms with van der Waals surface area (Å²) in [5, 5.41) is 3.46. The fraction of sp³-hybridized carbons (Fsp3) is 0.222. The number of anilines is 2. The van der Waals surface area contributed by atoms with E-state index in [4.69, 9.17) is 16.3 Å². The van der Waals surface area contributed by atoms with E-state index >= 15 is 0 Å². The van der Waals surface area contributed by atoms with E-state index in [0.29, 0.717) is 22.9 Å². The number of fused-ring (bicyclic) bond motifs is 1. The molecule has 124 valence electrons. The van der Waals surface area contributed by atoms with Crippen molar-refractivity contribution in [3.05, 3.63) is 53.1 Å². The predicted octanol–water partition coefficient (Wildman–Crippen LogP) is 3.26. The van der Waals surface area contributed by atoms with Crippen molar-refractivity contribution in [3.8, 4) is 5.75 Å². The Bertz CT molecular complexity index is 789. The minimum Gasteiger partial charge on any atom is -0.480 e. The van der Waals surface area contributed by atoms with E-state index < -0.39 is 6.10 Å². The van der Waals surface area contributed by atoms with Gasteiger partial charge in [-0.05, 0) is 48.0 Å². The van der Waals surface area contributed by atoms with Gasteiger partial charge in [-0.25, -0.2) is 0 Å². The number of amides is 2. The van der Waals surface area contributed by atoms with Gasteiger partial charge >= 0.3 is 0 Å². The maximum Gasteiger partial charge on any atom is 0.265 e. The van der Waals surface area contributed by atoms with Crippen LogP contribution in [0, 0.1) is 0 Å². The zero-order valence-corrected chi connectivity index (χ0v) is 14.1. The first-order valence-corrected chi connectivity index (χ1v) is 7.92. The largest absolute Gasteiger partial charge is 0.480 e. The molecule has 1 aliphatic rings. The highest BCUT2D eigenvalue weighted by molar-refractivity contribution is 6.30. The number of ether oxygens (including phenoxy) is 1. The lowest BCUT2D eigenvalue weighted by Crippen LogP contribution is -2.31. The van der Waals surface area contributed by atoms with E-state index in [0.717, 1.165) is 11.3 Å². The van der Waals surface area contributed by atoms with Gasteiger partial charge in [-0.2, -0.15) is 0 Å². The molecule has 0 spiro atoms. The summed E-state index contributed by atoms with van der Waals surface area (Å²) in [5.74, 6) is 0.426. The lowest BCUT2D eigenvalue weighted by atomic mass is 10.1. The molecule has 0 aliphatic carbocycles. The molecule has 0 fully saturated rings. The van der Waals surface area contributed by atoms with Gasteiger partial charge in [0.05, 0.1) is 0 Å². The van der Waals surface area contributed by atoms with Gasteiger partial charge in [-0.15, -0.1) is 0 Å². The Morgan fingerprint density at radius 2 is 1.92 bits per heavy atom. The van der Waals surface area contributed by atoms with Crippen LogP contribution in [0.15, 0.2) is 42.5 Å². The molecule has 0 unspecified atom stereocenters. The SMILES string of the molecule is CC(=O)N(C)c1ccc(NC(=O)[C@@H]2Cc3cc(Cl)ccc3O2)cc1. The van der Waals surface area contributed by atoms with Gasteiger partial charge in [0.15, 0.2) is 6.10 Å². The Labute approximate surface area is 145 Å². The summed E-state index contributed by atoms with van der Waals surface area (Å²) in [4.78, 5) is 25.2. The summed E-state index contributed by atoms with van der Waals surface area (Å²) >= 11 is 5.96. The van der Waals surface area contributed by atoms with Crippen LogP contribution >= 0.6 is 11.6 Å². The van der Waals surface area contributed by atoms with E-state index in [-0.39, 0.29) is 11.8 Å². The van der Waals surface area contributed by atoms with Crippen molar-refractivity contribution < 1.29 is 14.3 Å². The third-order valence-corrected chi connectivity index (χ3v) is 4.22. The van der Waals surface area contributed by atoms with Crippen LogP contribution in [0.1, 0.15) is 12.5 Å². The highest BCUT2D eigenvalue weighted by Crippen LogP contribution is 2.31. The zero-order valence-electron chi connectivity index (χ0n) is 13.4. The lowest BCUT2D eigenvalue weighted by Gasteiger charge is -2.16. The number of carbonyl (C=O) groups excluding carboxylic acids is 2. The minimum absolute atomic E-state index is 0.0532. The summed E-state index contributed by atoms with van der Waals surface area (Å²) in [6.07, 6.45) is -0.0783. The molecule has 1 heterocycles. The number of carbonyl (C=O) groups is 2. The molecular weight excluding hydrogens is 328 g/mol. The summed E-state index contributed by atoms with van der Waals surface area (Å²) in [7, 11) is 1.70. The molecule has 2 aromatic carbocycles. The molecule has 1 N–H and O–H groups in total. The molecule has 3 rings (SSSR count). The third kappa shape index (κ3) is 3.36. The molecule has 5 nitrogen and oxygen atoms in total. The van der Waals surface area contributed by atoms with Crippen molar-refractivity contribution in [2.75, 3.05) is 17.3 Å². The van der Waals surface area contributed by atoms with Gasteiger partial charge in [0.25, 0.3) is 5.91 Å². The molecule has 6 heteroatoms. The van der Waals surface area contributed by atoms with Crippen molar-refractivity contribution in [1.82, 2.24) is 0 Å². The number of nitrogens with zero attached hydrogens (tertiary/aromatic N) is 1. The third-order valence-electron chi connectivity index (χ3n) is 3.98. The van der Waals surface area contributed by atoms with E-state index in [9.17, 15) is 9.59 Å². The van der Waals surface area contributed by atoms with Crippen molar-refractivity contribution in [1.29, 1.82) is 0 Å². The molecule has 0 saturated heterocycles. The van der Waals surface area contributed by atoms with Crippen LogP contribution in [-0.4, -0.2) is 25.0 Å². The fourth-order valence-corrected chi connectivity index (χ4v) is 2.73. The van der Waals surface area contributed by atoms with Crippen molar-refractivity contribution in [2.24, 2.45) is 0 Å². The van der Waals surface area contributed by atoms with Crippen LogP contribution < -0.4 is 15.0 Å². The van der Waals surface area contributed by atoms with Gasteiger partial charge in [0, 0.05) is 36.8 Å². The average Bonchev–Trinajstić information content (AvgIpc) is 2.98. The van der Waals surface area contributed by atoms with E-state index in [1.165, 1.54) is 11.8 Å². The molecular formula is C18H17ClN2O3. The first kappa shape index (κ1) is 16.3. The first-order valence-electron chi connectivity index (χ1n) is 7.54. The van der Waals surface area contributed by atoms with Crippen molar-refractivity contribution in [3.63, 3.8) is 0 Å². The second-order valence-electron chi connectivity index (χ2n) is 5.68. The predicted molar refractivity (Wildman–Crippen MR) is 93.7 cm³/mol. The van der Waals surface area contributed by atoms with E-state index in [1.807, 2.05) is 6.07 Å². The highest BCUT2D eigenvalue weighted by Gasteiger charge is 2.29. The maximum atomic E-state index is 12.4. The second-order valence-corrected chi connectivity index (χ2v) is 6.11. The molecule has 24 heavy (non-hydrogen) atoms. The zero-order chi connectivity index (χ0) is 17.3. The van der Waals surface area contributed by atoms with Gasteiger partial charge in [0.2, 0.25) is 5.91 Å². The number of hydrogen-bond acceptors (Lipinski definition) is 3. The maximum absolute atomic E-state index is 12.4. The van der Waals surface area contributed by atoms with Crippen LogP contribution in [0.2, 0.25) is 5.02 Å². The molecule has 2 aromatic rings. The Morgan fingerprint density at radius 3 is 2.58 bits per heavy atom. The summed E-state index contributed by atoms with van der Waals surface area (Å²) < 4.78 is 5.67. The lowest BCUT2D eigenvalue weighted by molar-refractivity contribution is -0.122. The van der Waals surface area contributed by atoms with E-state index in [1.54, 1.807) is 43.4 Å². The van der Waals surface area contributed by atoms with Gasteiger partial charge in [-0.1, -0.05) is 11.6 Å². The van der Waals surface area contributed by atoms with Crippen LogP contribution in [0.5, 0.6) is 5.75 Å². The number of hydrogen-bond donors (Lipinski definition) is 1. The summed E-state index contributed by atoms with van der Waals surface area (Å²) in [5.41, 5.74) is 2.35. The second kappa shape index (κ2) is 6.53. The molecule has 0 bridgehead atoms. The van der Waals surface area contributed by atoms with Crippen molar-refractivity contribution in [2.45, 2.75) is 19.4 Å². The van der Waals surface area contributed by atoms with Gasteiger partial charge in [-0.3, -0.25) is 9.59 Å². The Morgan fingerprint density at radius 1 is 1.21 bits per heavy atom. The number of benzene rings is 2. The van der Waals surface area contributed by atoms with Crippen molar-refractivity contribution >= 4 is 34.8 Å². The number of nitrogens with one attached hydrogen (secondary N) is 1. The quantitative estimate of drug-likeness (QED) is 0.929. The molecule has 0 aromatic heterocycles. The topological polar surface area (TPSA) is 58.6 Å². The van der Waals surface area contributed by atoms with Crippen LogP contribution in [0.25, 0.3) is 0 Å². The summed E-state index contributed by atoms with van der Waals surface area (Å²) in [6, 6.07) is 12.4. The van der Waals surface area contributed by atoms with Crippen LogP contribution in [0.4, 0.5) is 11.4 Å². The Kier molecular flexibility index (Phi) is 4.44. The molecule has 1 atom stereocenters. The molecule has 1 aliphatic heterocycles.